The molecule has 17 heavy (non-hydrogen) atoms. The summed E-state index contributed by atoms with van der Waals surface area (Å²) in [5, 5.41) is 5.21. The van der Waals surface area contributed by atoms with E-state index in [0.717, 1.165) is 5.56 Å². The summed E-state index contributed by atoms with van der Waals surface area (Å²) in [6.45, 7) is 2.39. The van der Waals surface area contributed by atoms with Gasteiger partial charge in [0.1, 0.15) is 6.61 Å². The second-order valence-corrected chi connectivity index (χ2v) is 5.19. The number of rotatable bonds is 3. The number of carbonyl (C=O) groups is 1. The Morgan fingerprint density at radius 1 is 1.41 bits per heavy atom. The molecule has 1 aromatic carbocycles. The highest BCUT2D eigenvalue weighted by atomic mass is 32.2. The molecule has 4 heteroatoms. The van der Waals surface area contributed by atoms with Crippen LogP contribution in [0.1, 0.15) is 12.5 Å². The molecule has 2 atom stereocenters. The van der Waals surface area contributed by atoms with Crippen molar-refractivity contribution < 1.29 is 9.53 Å². The third-order valence-corrected chi connectivity index (χ3v) is 3.62. The van der Waals surface area contributed by atoms with E-state index in [1.165, 1.54) is 0 Å². The van der Waals surface area contributed by atoms with Crippen LogP contribution in [0.3, 0.4) is 0 Å². The number of ether oxygens (including phenoxy) is 1. The number of amides is 1. The summed E-state index contributed by atoms with van der Waals surface area (Å²) in [6, 6.07) is 9.72. The molecule has 0 radical (unpaired) electrons. The molecule has 0 fully saturated rings. The number of nitrogens with one attached hydrogen (secondary N) is 1. The van der Waals surface area contributed by atoms with E-state index in [0.29, 0.717) is 11.9 Å². The van der Waals surface area contributed by atoms with Gasteiger partial charge in [0, 0.05) is 5.25 Å². The van der Waals surface area contributed by atoms with Gasteiger partial charge in [0.25, 0.3) is 0 Å². The van der Waals surface area contributed by atoms with Crippen LogP contribution in [-0.2, 0) is 11.3 Å². The molecule has 0 saturated carbocycles. The lowest BCUT2D eigenvalue weighted by Crippen LogP contribution is -2.37. The predicted molar refractivity (Wildman–Crippen MR) is 69.7 cm³/mol. The van der Waals surface area contributed by atoms with Gasteiger partial charge >= 0.3 is 6.09 Å². The van der Waals surface area contributed by atoms with Gasteiger partial charge in [-0.15, -0.1) is 11.8 Å². The van der Waals surface area contributed by atoms with E-state index in [2.05, 4.69) is 12.2 Å². The van der Waals surface area contributed by atoms with Gasteiger partial charge in [-0.2, -0.15) is 0 Å². The van der Waals surface area contributed by atoms with E-state index in [1.807, 2.05) is 41.8 Å². The molecule has 1 aliphatic rings. The Balaban J connectivity index is 1.76. The minimum Gasteiger partial charge on any atom is -0.445 e. The highest BCUT2D eigenvalue weighted by molar-refractivity contribution is 8.03. The molecule has 1 aromatic rings. The van der Waals surface area contributed by atoms with E-state index < -0.39 is 0 Å². The maximum Gasteiger partial charge on any atom is 0.407 e. The number of alkyl carbamates (subject to hydrolysis) is 1. The molecule has 1 aliphatic heterocycles. The van der Waals surface area contributed by atoms with Crippen molar-refractivity contribution in [3.63, 3.8) is 0 Å². The molecule has 1 amide bonds. The zero-order chi connectivity index (χ0) is 12.1. The average Bonchev–Trinajstić information content (AvgIpc) is 2.74. The van der Waals surface area contributed by atoms with Crippen molar-refractivity contribution in [2.45, 2.75) is 24.8 Å². The largest absolute Gasteiger partial charge is 0.445 e. The van der Waals surface area contributed by atoms with Crippen molar-refractivity contribution in [3.05, 3.63) is 47.4 Å². The van der Waals surface area contributed by atoms with E-state index in [4.69, 9.17) is 4.74 Å². The highest BCUT2D eigenvalue weighted by Crippen LogP contribution is 2.23. The van der Waals surface area contributed by atoms with Crippen LogP contribution in [0, 0.1) is 0 Å². The van der Waals surface area contributed by atoms with Crippen molar-refractivity contribution >= 4 is 17.9 Å². The molecule has 0 bridgehead atoms. The molecule has 90 valence electrons. The van der Waals surface area contributed by atoms with Crippen LogP contribution in [-0.4, -0.2) is 17.4 Å². The molecule has 1 heterocycles. The molecule has 0 saturated heterocycles. The Hall–Kier alpha value is -1.42. The van der Waals surface area contributed by atoms with Gasteiger partial charge < -0.3 is 10.1 Å². The molecular weight excluding hydrogens is 234 g/mol. The van der Waals surface area contributed by atoms with E-state index in [9.17, 15) is 4.79 Å². The molecule has 0 spiro atoms. The van der Waals surface area contributed by atoms with Gasteiger partial charge in [-0.25, -0.2) is 4.79 Å². The zero-order valence-corrected chi connectivity index (χ0v) is 10.4. The minimum atomic E-state index is -0.363. The molecule has 1 N–H and O–H groups in total. The van der Waals surface area contributed by atoms with E-state index >= 15 is 0 Å². The fourth-order valence-corrected chi connectivity index (χ4v) is 2.40. The number of hydrogen-bond acceptors (Lipinski definition) is 3. The summed E-state index contributed by atoms with van der Waals surface area (Å²) in [7, 11) is 0. The maximum atomic E-state index is 11.5. The summed E-state index contributed by atoms with van der Waals surface area (Å²) in [5.74, 6) is 0. The third-order valence-electron chi connectivity index (χ3n) is 2.58. The summed E-state index contributed by atoms with van der Waals surface area (Å²) in [4.78, 5) is 11.5. The van der Waals surface area contributed by atoms with E-state index in [-0.39, 0.29) is 12.1 Å². The van der Waals surface area contributed by atoms with Gasteiger partial charge in [-0.1, -0.05) is 43.3 Å². The van der Waals surface area contributed by atoms with Crippen LogP contribution in [0.2, 0.25) is 0 Å². The van der Waals surface area contributed by atoms with Gasteiger partial charge in [0.15, 0.2) is 0 Å². The van der Waals surface area contributed by atoms with Crippen molar-refractivity contribution in [2.24, 2.45) is 0 Å². The summed E-state index contributed by atoms with van der Waals surface area (Å²) in [5.41, 5.74) is 0.993. The Bertz CT molecular complexity index is 405. The highest BCUT2D eigenvalue weighted by Gasteiger charge is 2.21. The van der Waals surface area contributed by atoms with Crippen LogP contribution in [0.25, 0.3) is 0 Å². The van der Waals surface area contributed by atoms with Crippen molar-refractivity contribution in [3.8, 4) is 0 Å². The van der Waals surface area contributed by atoms with E-state index in [1.54, 1.807) is 11.8 Å². The molecule has 2 rings (SSSR count). The minimum absolute atomic E-state index is 0.0725. The van der Waals surface area contributed by atoms with Crippen molar-refractivity contribution in [1.82, 2.24) is 5.32 Å². The maximum absolute atomic E-state index is 11.5. The zero-order valence-electron chi connectivity index (χ0n) is 9.63. The van der Waals surface area contributed by atoms with Crippen LogP contribution >= 0.6 is 11.8 Å². The lowest BCUT2D eigenvalue weighted by Gasteiger charge is -2.15. The molecule has 0 unspecified atom stereocenters. The fourth-order valence-electron chi connectivity index (χ4n) is 1.56. The first-order valence-electron chi connectivity index (χ1n) is 5.55. The predicted octanol–water partition coefficient (Wildman–Crippen LogP) is 2.93. The summed E-state index contributed by atoms with van der Waals surface area (Å²) in [6.07, 6.45) is 1.62. The Morgan fingerprint density at radius 3 is 2.82 bits per heavy atom. The number of carbonyl (C=O) groups excluding carboxylic acids is 1. The smallest absolute Gasteiger partial charge is 0.407 e. The normalized spacial score (nSPS) is 22.4. The monoisotopic (exact) mass is 249 g/mol. The standard InChI is InChI=1S/C13H15NO2S/c1-10-12(7-8-17-10)14-13(15)16-9-11-5-3-2-4-6-11/h2-8,10,12H,9H2,1H3,(H,14,15)/t10-,12+/m1/s1. The Morgan fingerprint density at radius 2 is 2.18 bits per heavy atom. The Labute approximate surface area is 105 Å². The second kappa shape index (κ2) is 5.77. The van der Waals surface area contributed by atoms with Gasteiger partial charge in [0.05, 0.1) is 6.04 Å². The molecule has 0 aromatic heterocycles. The summed E-state index contributed by atoms with van der Waals surface area (Å²) >= 11 is 1.71. The van der Waals surface area contributed by atoms with Gasteiger partial charge in [0.2, 0.25) is 0 Å². The Kier molecular flexibility index (Phi) is 4.09. The number of benzene rings is 1. The van der Waals surface area contributed by atoms with Crippen LogP contribution in [0.15, 0.2) is 41.8 Å². The fraction of sp³-hybridized carbons (Fsp3) is 0.308. The van der Waals surface area contributed by atoms with Crippen molar-refractivity contribution in [1.29, 1.82) is 0 Å². The lowest BCUT2D eigenvalue weighted by atomic mass is 10.2. The average molecular weight is 249 g/mol. The summed E-state index contributed by atoms with van der Waals surface area (Å²) < 4.78 is 5.15. The first kappa shape index (κ1) is 12.0. The van der Waals surface area contributed by atoms with Crippen molar-refractivity contribution in [2.75, 3.05) is 0 Å². The molecule has 3 nitrogen and oxygen atoms in total. The van der Waals surface area contributed by atoms with Gasteiger partial charge in [-0.3, -0.25) is 0 Å². The number of thioether (sulfide) groups is 1. The first-order chi connectivity index (χ1) is 8.25. The quantitative estimate of drug-likeness (QED) is 0.895. The van der Waals surface area contributed by atoms with Gasteiger partial charge in [-0.05, 0) is 11.0 Å². The van der Waals surface area contributed by atoms with Crippen LogP contribution in [0.5, 0.6) is 0 Å². The topological polar surface area (TPSA) is 38.3 Å². The SMILES string of the molecule is C[C@H]1SC=C[C@@H]1NC(=O)OCc1ccccc1. The third kappa shape index (κ3) is 3.53. The first-order valence-corrected chi connectivity index (χ1v) is 6.49. The number of hydrogen-bond donors (Lipinski definition) is 1. The molecular formula is C13H15NO2S. The van der Waals surface area contributed by atoms with Crippen LogP contribution in [0.4, 0.5) is 4.79 Å². The van der Waals surface area contributed by atoms with Crippen LogP contribution < -0.4 is 5.32 Å². The lowest BCUT2D eigenvalue weighted by molar-refractivity contribution is 0.137. The molecule has 0 aliphatic carbocycles. The second-order valence-electron chi connectivity index (χ2n) is 3.90.